The van der Waals surface area contributed by atoms with Gasteiger partial charge in [-0.2, -0.15) is 0 Å². The topological polar surface area (TPSA) is 71.6 Å². The Bertz CT molecular complexity index is 618. The number of amides is 1. The lowest BCUT2D eigenvalue weighted by atomic mass is 9.93. The number of hydrogen-bond acceptors (Lipinski definition) is 4. The summed E-state index contributed by atoms with van der Waals surface area (Å²) in [5.74, 6) is -0.414. The summed E-state index contributed by atoms with van der Waals surface area (Å²) in [6.45, 7) is 7.01. The average molecular weight is 364 g/mol. The number of carbonyl (C=O) groups excluding carboxylic acids is 2. The normalized spacial score (nSPS) is 15.1. The Hall–Kier alpha value is -1.82. The zero-order chi connectivity index (χ0) is 19.1. The molecule has 146 valence electrons. The van der Waals surface area contributed by atoms with Crippen LogP contribution in [0, 0.1) is 13.8 Å². The highest BCUT2D eigenvalue weighted by Crippen LogP contribution is 2.26. The number of rotatable bonds is 8. The highest BCUT2D eigenvalue weighted by Gasteiger charge is 2.30. The van der Waals surface area contributed by atoms with Crippen molar-refractivity contribution in [3.05, 3.63) is 22.5 Å². The fourth-order valence-electron chi connectivity index (χ4n) is 3.79. The van der Waals surface area contributed by atoms with Gasteiger partial charge >= 0.3 is 5.97 Å². The Morgan fingerprint density at radius 1 is 1.15 bits per heavy atom. The van der Waals surface area contributed by atoms with E-state index in [0.29, 0.717) is 35.2 Å². The number of H-pyrrole nitrogens is 1. The molecule has 0 radical (unpaired) electrons. The van der Waals surface area contributed by atoms with Crippen LogP contribution in [0.3, 0.4) is 0 Å². The number of nitrogens with zero attached hydrogens (tertiary/aromatic N) is 1. The van der Waals surface area contributed by atoms with Crippen molar-refractivity contribution in [3.63, 3.8) is 0 Å². The van der Waals surface area contributed by atoms with Gasteiger partial charge < -0.3 is 19.4 Å². The summed E-state index contributed by atoms with van der Waals surface area (Å²) >= 11 is 0. The molecule has 1 amide bonds. The number of carbonyl (C=O) groups is 2. The lowest BCUT2D eigenvalue weighted by Gasteiger charge is -2.34. The van der Waals surface area contributed by atoms with Crippen LogP contribution in [0.25, 0.3) is 0 Å². The molecule has 2 rings (SSSR count). The number of aromatic nitrogens is 1. The van der Waals surface area contributed by atoms with Crippen molar-refractivity contribution in [1.82, 2.24) is 9.88 Å². The molecule has 1 aliphatic rings. The average Bonchev–Trinajstić information content (AvgIpc) is 2.94. The molecule has 1 fully saturated rings. The number of aromatic amines is 1. The number of hydrogen-bond donors (Lipinski definition) is 1. The van der Waals surface area contributed by atoms with Gasteiger partial charge in [0.1, 0.15) is 12.3 Å². The third-order valence-electron chi connectivity index (χ3n) is 5.12. The summed E-state index contributed by atoms with van der Waals surface area (Å²) in [6.07, 6.45) is 6.67. The first-order chi connectivity index (χ1) is 12.5. The summed E-state index contributed by atoms with van der Waals surface area (Å²) in [7, 11) is 1.56. The molecule has 1 aromatic rings. The second kappa shape index (κ2) is 9.76. The lowest BCUT2D eigenvalue weighted by molar-refractivity contribution is 0.0387. The van der Waals surface area contributed by atoms with E-state index in [1.165, 1.54) is 19.3 Å². The smallest absolute Gasteiger partial charge is 0.340 e. The molecule has 0 saturated heterocycles. The van der Waals surface area contributed by atoms with Crippen LogP contribution in [0.2, 0.25) is 0 Å². The maximum atomic E-state index is 13.2. The summed E-state index contributed by atoms with van der Waals surface area (Å²) in [6, 6.07) is 0.302. The van der Waals surface area contributed by atoms with Gasteiger partial charge in [-0.25, -0.2) is 4.79 Å². The van der Waals surface area contributed by atoms with Gasteiger partial charge in [0.2, 0.25) is 0 Å². The van der Waals surface area contributed by atoms with Crippen LogP contribution in [0.15, 0.2) is 0 Å². The first kappa shape index (κ1) is 20.5. The molecule has 26 heavy (non-hydrogen) atoms. The molecule has 1 aromatic heterocycles. The highest BCUT2D eigenvalue weighted by molar-refractivity contribution is 6.00. The third-order valence-corrected chi connectivity index (χ3v) is 5.12. The number of nitrogens with one attached hydrogen (secondary N) is 1. The quantitative estimate of drug-likeness (QED) is 0.565. The van der Waals surface area contributed by atoms with Crippen molar-refractivity contribution in [1.29, 1.82) is 0 Å². The van der Waals surface area contributed by atoms with Gasteiger partial charge in [0.05, 0.1) is 12.2 Å². The lowest BCUT2D eigenvalue weighted by Crippen LogP contribution is -2.42. The summed E-state index contributed by atoms with van der Waals surface area (Å²) in [5, 5.41) is 0. The molecule has 1 saturated carbocycles. The molecule has 6 heteroatoms. The zero-order valence-electron chi connectivity index (χ0n) is 16.5. The molecule has 1 aliphatic carbocycles. The van der Waals surface area contributed by atoms with E-state index >= 15 is 0 Å². The van der Waals surface area contributed by atoms with Crippen molar-refractivity contribution < 1.29 is 19.1 Å². The van der Waals surface area contributed by atoms with Crippen LogP contribution in [0.5, 0.6) is 0 Å². The van der Waals surface area contributed by atoms with Crippen molar-refractivity contribution in [2.75, 3.05) is 26.9 Å². The van der Waals surface area contributed by atoms with Gasteiger partial charge in [0, 0.05) is 25.4 Å². The number of aryl methyl sites for hydroxylation is 1. The van der Waals surface area contributed by atoms with Gasteiger partial charge in [-0.1, -0.05) is 26.2 Å². The van der Waals surface area contributed by atoms with Crippen LogP contribution in [-0.4, -0.2) is 54.7 Å². The van der Waals surface area contributed by atoms with Crippen LogP contribution in [-0.2, 0) is 9.47 Å². The molecule has 6 nitrogen and oxygen atoms in total. The van der Waals surface area contributed by atoms with Gasteiger partial charge in [0.15, 0.2) is 0 Å². The highest BCUT2D eigenvalue weighted by atomic mass is 16.6. The zero-order valence-corrected chi connectivity index (χ0v) is 16.5. The summed E-state index contributed by atoms with van der Waals surface area (Å²) < 4.78 is 10.2. The van der Waals surface area contributed by atoms with E-state index in [1.807, 2.05) is 18.7 Å². The van der Waals surface area contributed by atoms with Gasteiger partial charge in [-0.15, -0.1) is 0 Å². The third kappa shape index (κ3) is 4.67. The Kier molecular flexibility index (Phi) is 7.69. The number of methoxy groups -OCH3 is 1. The maximum Gasteiger partial charge on any atom is 0.340 e. The largest absolute Gasteiger partial charge is 0.460 e. The van der Waals surface area contributed by atoms with Crippen molar-refractivity contribution in [2.24, 2.45) is 0 Å². The molecule has 0 atom stereocenters. The molecule has 0 unspecified atom stereocenters. The predicted molar refractivity (Wildman–Crippen MR) is 101 cm³/mol. The Morgan fingerprint density at radius 2 is 1.85 bits per heavy atom. The molecule has 0 bridgehead atoms. The molecular formula is C20H32N2O4. The van der Waals surface area contributed by atoms with E-state index < -0.39 is 5.97 Å². The monoisotopic (exact) mass is 364 g/mol. The van der Waals surface area contributed by atoms with Crippen molar-refractivity contribution >= 4 is 11.9 Å². The van der Waals surface area contributed by atoms with Gasteiger partial charge in [0.25, 0.3) is 5.91 Å². The SMILES string of the molecule is CCCN(C(=O)c1[nH]c(C)c(C(=O)OCCOC)c1C)C1CCCCC1. The Balaban J connectivity index is 2.21. The minimum atomic E-state index is -0.410. The molecule has 0 spiro atoms. The second-order valence-electron chi connectivity index (χ2n) is 7.04. The van der Waals surface area contributed by atoms with E-state index in [9.17, 15) is 9.59 Å². The first-order valence-electron chi connectivity index (χ1n) is 9.67. The second-order valence-corrected chi connectivity index (χ2v) is 7.04. The van der Waals surface area contributed by atoms with Crippen molar-refractivity contribution in [2.45, 2.75) is 65.3 Å². The maximum absolute atomic E-state index is 13.2. The van der Waals surface area contributed by atoms with E-state index in [-0.39, 0.29) is 12.5 Å². The summed E-state index contributed by atoms with van der Waals surface area (Å²) in [4.78, 5) is 30.7. The predicted octanol–water partition coefficient (Wildman–Crippen LogP) is 3.62. The van der Waals surface area contributed by atoms with Gasteiger partial charge in [-0.05, 0) is 38.7 Å². The number of ether oxygens (including phenoxy) is 2. The Labute approximate surface area is 156 Å². The van der Waals surface area contributed by atoms with E-state index in [1.54, 1.807) is 7.11 Å². The fourth-order valence-corrected chi connectivity index (χ4v) is 3.79. The van der Waals surface area contributed by atoms with E-state index in [2.05, 4.69) is 11.9 Å². The van der Waals surface area contributed by atoms with Crippen LogP contribution >= 0.6 is 0 Å². The fraction of sp³-hybridized carbons (Fsp3) is 0.700. The van der Waals surface area contributed by atoms with E-state index in [4.69, 9.17) is 9.47 Å². The minimum Gasteiger partial charge on any atom is -0.460 e. The molecule has 1 heterocycles. The van der Waals surface area contributed by atoms with E-state index in [0.717, 1.165) is 25.8 Å². The minimum absolute atomic E-state index is 0.00436. The van der Waals surface area contributed by atoms with Crippen LogP contribution < -0.4 is 0 Å². The van der Waals surface area contributed by atoms with Gasteiger partial charge in [-0.3, -0.25) is 4.79 Å². The molecule has 0 aromatic carbocycles. The first-order valence-corrected chi connectivity index (χ1v) is 9.67. The van der Waals surface area contributed by atoms with Crippen LogP contribution in [0.4, 0.5) is 0 Å². The van der Waals surface area contributed by atoms with Crippen molar-refractivity contribution in [3.8, 4) is 0 Å². The Morgan fingerprint density at radius 3 is 2.46 bits per heavy atom. The standard InChI is InChI=1S/C20H32N2O4/c1-5-11-22(16-9-7-6-8-10-16)19(23)18-14(2)17(15(3)21-18)20(24)26-13-12-25-4/h16,21H,5-13H2,1-4H3. The summed E-state index contributed by atoms with van der Waals surface area (Å²) in [5.41, 5.74) is 2.32. The molecular weight excluding hydrogens is 332 g/mol. The molecule has 1 N–H and O–H groups in total. The van der Waals surface area contributed by atoms with Crippen LogP contribution in [0.1, 0.15) is 77.6 Å². The number of esters is 1. The molecule has 0 aliphatic heterocycles.